The Bertz CT molecular complexity index is 648. The Morgan fingerprint density at radius 2 is 2.00 bits per heavy atom. The molecule has 1 heterocycles. The minimum Gasteiger partial charge on any atom is -0.464 e. The predicted octanol–water partition coefficient (Wildman–Crippen LogP) is 1.98. The van der Waals surface area contributed by atoms with E-state index in [1.54, 1.807) is 39.0 Å². The van der Waals surface area contributed by atoms with Crippen molar-refractivity contribution in [1.82, 2.24) is 0 Å². The zero-order valence-electron chi connectivity index (χ0n) is 13.4. The van der Waals surface area contributed by atoms with Gasteiger partial charge in [0.05, 0.1) is 25.7 Å². The van der Waals surface area contributed by atoms with Crippen molar-refractivity contribution in [3.8, 4) is 5.75 Å². The molecule has 0 bridgehead atoms. The number of hydrogen-bond acceptors (Lipinski definition) is 6. The summed E-state index contributed by atoms with van der Waals surface area (Å²) in [6.07, 6.45) is 0.949. The van der Waals surface area contributed by atoms with Gasteiger partial charge in [-0.05, 0) is 26.3 Å². The zero-order valence-corrected chi connectivity index (χ0v) is 13.4. The first-order valence-electron chi connectivity index (χ1n) is 7.47. The first-order valence-corrected chi connectivity index (χ1v) is 7.47. The van der Waals surface area contributed by atoms with Crippen LogP contribution < -0.4 is 4.74 Å². The van der Waals surface area contributed by atoms with Gasteiger partial charge in [-0.2, -0.15) is 0 Å². The van der Waals surface area contributed by atoms with E-state index in [0.717, 1.165) is 11.6 Å². The average molecular weight is 320 g/mol. The molecular formula is C17H20O6. The second-order valence-electron chi connectivity index (χ2n) is 5.17. The van der Waals surface area contributed by atoms with Gasteiger partial charge in [0.2, 0.25) is 0 Å². The van der Waals surface area contributed by atoms with Crippen LogP contribution in [0.3, 0.4) is 0 Å². The molecule has 1 aromatic rings. The molecule has 1 atom stereocenters. The third kappa shape index (κ3) is 3.37. The molecule has 2 rings (SSSR count). The maximum Gasteiger partial charge on any atom is 0.343 e. The number of hydrogen-bond donors (Lipinski definition) is 1. The van der Waals surface area contributed by atoms with E-state index in [4.69, 9.17) is 14.2 Å². The summed E-state index contributed by atoms with van der Waals surface area (Å²) in [6.45, 7) is 5.50. The summed E-state index contributed by atoms with van der Waals surface area (Å²) in [7, 11) is 0. The van der Waals surface area contributed by atoms with Crippen LogP contribution in [0.4, 0.5) is 0 Å². The van der Waals surface area contributed by atoms with Crippen molar-refractivity contribution in [2.24, 2.45) is 0 Å². The van der Waals surface area contributed by atoms with Gasteiger partial charge in [0.1, 0.15) is 11.5 Å². The van der Waals surface area contributed by atoms with E-state index in [-0.39, 0.29) is 25.4 Å². The van der Waals surface area contributed by atoms with E-state index in [2.05, 4.69) is 0 Å². The van der Waals surface area contributed by atoms with Gasteiger partial charge < -0.3 is 19.3 Å². The van der Waals surface area contributed by atoms with Gasteiger partial charge >= 0.3 is 11.9 Å². The van der Waals surface area contributed by atoms with Crippen LogP contribution in [0.25, 0.3) is 0 Å². The fourth-order valence-electron chi connectivity index (χ4n) is 2.46. The highest BCUT2D eigenvalue weighted by Gasteiger charge is 2.46. The van der Waals surface area contributed by atoms with Crippen LogP contribution in [0.15, 0.2) is 30.0 Å². The van der Waals surface area contributed by atoms with E-state index in [9.17, 15) is 14.7 Å². The maximum atomic E-state index is 12.3. The summed E-state index contributed by atoms with van der Waals surface area (Å²) in [4.78, 5) is 23.9. The highest BCUT2D eigenvalue weighted by atomic mass is 16.6. The lowest BCUT2D eigenvalue weighted by Gasteiger charge is -2.33. The fraction of sp³-hybridized carbons (Fsp3) is 0.412. The minimum atomic E-state index is -1.89. The third-order valence-electron chi connectivity index (χ3n) is 3.50. The summed E-state index contributed by atoms with van der Waals surface area (Å²) in [5.41, 5.74) is -0.829. The van der Waals surface area contributed by atoms with Gasteiger partial charge in [0.25, 0.3) is 0 Å². The highest BCUT2D eigenvalue weighted by Crippen LogP contribution is 2.43. The third-order valence-corrected chi connectivity index (χ3v) is 3.50. The molecule has 0 saturated carbocycles. The van der Waals surface area contributed by atoms with Crippen molar-refractivity contribution < 1.29 is 28.9 Å². The number of carbonyl (C=O) groups excluding carboxylic acids is 2. The molecular weight excluding hydrogens is 300 g/mol. The lowest BCUT2D eigenvalue weighted by molar-refractivity contribution is -0.168. The Balaban J connectivity index is 2.48. The van der Waals surface area contributed by atoms with Crippen molar-refractivity contribution in [3.05, 3.63) is 41.2 Å². The van der Waals surface area contributed by atoms with Crippen LogP contribution in [0, 0.1) is 6.92 Å². The second kappa shape index (κ2) is 6.83. The van der Waals surface area contributed by atoms with Crippen molar-refractivity contribution in [2.45, 2.75) is 32.8 Å². The minimum absolute atomic E-state index is 0.139. The van der Waals surface area contributed by atoms with Crippen molar-refractivity contribution >= 4 is 11.9 Å². The van der Waals surface area contributed by atoms with Crippen LogP contribution in [-0.4, -0.2) is 30.3 Å². The molecule has 1 aliphatic heterocycles. The first-order chi connectivity index (χ1) is 10.9. The van der Waals surface area contributed by atoms with Crippen molar-refractivity contribution in [2.75, 3.05) is 13.2 Å². The average Bonchev–Trinajstić information content (AvgIpc) is 2.49. The molecule has 1 aromatic carbocycles. The van der Waals surface area contributed by atoms with Crippen LogP contribution in [-0.2, 0) is 24.7 Å². The zero-order chi connectivity index (χ0) is 17.0. The molecule has 6 heteroatoms. The van der Waals surface area contributed by atoms with Crippen molar-refractivity contribution in [1.29, 1.82) is 0 Å². The van der Waals surface area contributed by atoms with E-state index in [1.165, 1.54) is 0 Å². The topological polar surface area (TPSA) is 82.1 Å². The molecule has 0 fully saturated rings. The molecule has 1 N–H and O–H groups in total. The Hall–Kier alpha value is -2.34. The van der Waals surface area contributed by atoms with Crippen LogP contribution in [0.1, 0.15) is 31.4 Å². The van der Waals surface area contributed by atoms with Gasteiger partial charge in [-0.3, -0.25) is 0 Å². The smallest absolute Gasteiger partial charge is 0.343 e. The van der Waals surface area contributed by atoms with E-state index < -0.39 is 17.5 Å². The molecule has 23 heavy (non-hydrogen) atoms. The van der Waals surface area contributed by atoms with E-state index in [1.807, 2.05) is 0 Å². The number of benzene rings is 1. The summed E-state index contributed by atoms with van der Waals surface area (Å²) < 4.78 is 15.5. The molecule has 0 aliphatic carbocycles. The normalized spacial score (nSPS) is 21.3. The highest BCUT2D eigenvalue weighted by molar-refractivity contribution is 5.86. The Kier molecular flexibility index (Phi) is 5.05. The van der Waals surface area contributed by atoms with Gasteiger partial charge in [-0.15, -0.1) is 0 Å². The van der Waals surface area contributed by atoms with Gasteiger partial charge in [0, 0.05) is 5.56 Å². The Labute approximate surface area is 134 Å². The lowest BCUT2D eigenvalue weighted by Crippen LogP contribution is -2.41. The lowest BCUT2D eigenvalue weighted by atomic mass is 9.85. The second-order valence-corrected chi connectivity index (χ2v) is 5.17. The number of esters is 2. The molecule has 6 nitrogen and oxygen atoms in total. The molecule has 0 radical (unpaired) electrons. The largest absolute Gasteiger partial charge is 0.464 e. The summed E-state index contributed by atoms with van der Waals surface area (Å²) >= 11 is 0. The number of fused-ring (bicyclic) bond motifs is 1. The van der Waals surface area contributed by atoms with Gasteiger partial charge in [0.15, 0.2) is 5.60 Å². The number of carbonyl (C=O) groups is 2. The SMILES string of the molecule is CCOC(=O)/C=C1\CC(O)(C(=O)OCC)c2cccc(C)c2O1. The van der Waals surface area contributed by atoms with Gasteiger partial charge in [-0.25, -0.2) is 9.59 Å². The Morgan fingerprint density at radius 3 is 2.65 bits per heavy atom. The first kappa shape index (κ1) is 17.0. The fourth-order valence-corrected chi connectivity index (χ4v) is 2.46. The molecule has 124 valence electrons. The number of aliphatic hydroxyl groups is 1. The van der Waals surface area contributed by atoms with Crippen molar-refractivity contribution in [3.63, 3.8) is 0 Å². The van der Waals surface area contributed by atoms with E-state index >= 15 is 0 Å². The van der Waals surface area contributed by atoms with Gasteiger partial charge in [-0.1, -0.05) is 18.2 Å². The molecule has 0 aromatic heterocycles. The number of rotatable bonds is 4. The number of ether oxygens (including phenoxy) is 3. The Morgan fingerprint density at radius 1 is 1.30 bits per heavy atom. The predicted molar refractivity (Wildman–Crippen MR) is 81.7 cm³/mol. The quantitative estimate of drug-likeness (QED) is 0.675. The molecule has 1 unspecified atom stereocenters. The van der Waals surface area contributed by atoms with E-state index in [0.29, 0.717) is 11.3 Å². The monoisotopic (exact) mass is 320 g/mol. The number of aryl methyl sites for hydroxylation is 1. The molecule has 1 aliphatic rings. The standard InChI is InChI=1S/C17H20O6/c1-4-21-14(18)9-12-10-17(20,16(19)22-5-2)13-8-6-7-11(3)15(13)23-12/h6-9,20H,4-5,10H2,1-3H3/b12-9+. The summed E-state index contributed by atoms with van der Waals surface area (Å²) in [5.74, 6) is -0.860. The summed E-state index contributed by atoms with van der Waals surface area (Å²) in [5, 5.41) is 10.9. The molecule has 0 saturated heterocycles. The molecule has 0 spiro atoms. The van der Waals surface area contributed by atoms with Crippen LogP contribution in [0.2, 0.25) is 0 Å². The van der Waals surface area contributed by atoms with Crippen LogP contribution in [0.5, 0.6) is 5.75 Å². The summed E-state index contributed by atoms with van der Waals surface area (Å²) in [6, 6.07) is 5.12. The van der Waals surface area contributed by atoms with Crippen LogP contribution >= 0.6 is 0 Å². The maximum absolute atomic E-state index is 12.3. The number of para-hydroxylation sites is 1. The molecule has 0 amide bonds.